The fourth-order valence-corrected chi connectivity index (χ4v) is 3.38. The Kier molecular flexibility index (Phi) is 6.88. The van der Waals surface area contributed by atoms with Gasteiger partial charge in [-0.2, -0.15) is 5.10 Å². The standard InChI is InChI=1S/C17H20N4O6S/c1-3-6-27-17(26)12-9(2)13(14(18)24)28-16(12)20-15(25)10-7-19-21(8-10)5-4-11(22)23/h7-8H,3-6H2,1-2H3,(H2,18,24)(H,20,25)(H,22,23). The average Bonchev–Trinajstić information content (AvgIpc) is 3.22. The summed E-state index contributed by atoms with van der Waals surface area (Å²) in [6.45, 7) is 3.71. The summed E-state index contributed by atoms with van der Waals surface area (Å²) in [5.41, 5.74) is 5.94. The molecule has 0 unspecified atom stereocenters. The summed E-state index contributed by atoms with van der Waals surface area (Å²) in [7, 11) is 0. The molecule has 0 aromatic carbocycles. The van der Waals surface area contributed by atoms with Crippen LogP contribution in [0.5, 0.6) is 0 Å². The van der Waals surface area contributed by atoms with E-state index in [0.717, 1.165) is 11.3 Å². The fraction of sp³-hybridized carbons (Fsp3) is 0.353. The van der Waals surface area contributed by atoms with E-state index in [9.17, 15) is 19.2 Å². The lowest BCUT2D eigenvalue weighted by Crippen LogP contribution is -2.15. The molecule has 2 aromatic rings. The van der Waals surface area contributed by atoms with Crippen LogP contribution in [0.25, 0.3) is 0 Å². The first-order chi connectivity index (χ1) is 13.2. The number of esters is 1. The molecule has 0 bridgehead atoms. The van der Waals surface area contributed by atoms with E-state index in [-0.39, 0.29) is 40.6 Å². The molecule has 0 radical (unpaired) electrons. The van der Waals surface area contributed by atoms with Gasteiger partial charge in [0.15, 0.2) is 0 Å². The van der Waals surface area contributed by atoms with Crippen LogP contribution in [0.15, 0.2) is 12.4 Å². The number of aryl methyl sites for hydroxylation is 1. The lowest BCUT2D eigenvalue weighted by Gasteiger charge is -2.07. The monoisotopic (exact) mass is 408 g/mol. The largest absolute Gasteiger partial charge is 0.481 e. The number of hydrogen-bond donors (Lipinski definition) is 3. The molecular weight excluding hydrogens is 388 g/mol. The molecule has 0 atom stereocenters. The van der Waals surface area contributed by atoms with Gasteiger partial charge in [0.2, 0.25) is 0 Å². The maximum atomic E-state index is 12.5. The van der Waals surface area contributed by atoms with Crippen molar-refractivity contribution in [2.75, 3.05) is 11.9 Å². The zero-order valence-corrected chi connectivity index (χ0v) is 16.2. The number of aromatic nitrogens is 2. The normalized spacial score (nSPS) is 10.5. The van der Waals surface area contributed by atoms with Crippen molar-refractivity contribution in [2.45, 2.75) is 33.2 Å². The molecule has 4 N–H and O–H groups in total. The molecule has 0 aliphatic heterocycles. The van der Waals surface area contributed by atoms with E-state index in [1.807, 2.05) is 6.92 Å². The third-order valence-electron chi connectivity index (χ3n) is 3.69. The Morgan fingerprint density at radius 2 is 2.07 bits per heavy atom. The summed E-state index contributed by atoms with van der Waals surface area (Å²) < 4.78 is 6.46. The van der Waals surface area contributed by atoms with E-state index in [2.05, 4.69) is 10.4 Å². The minimum atomic E-state index is -0.982. The van der Waals surface area contributed by atoms with E-state index >= 15 is 0 Å². The number of ether oxygens (including phenoxy) is 1. The van der Waals surface area contributed by atoms with Crippen LogP contribution in [0.4, 0.5) is 5.00 Å². The summed E-state index contributed by atoms with van der Waals surface area (Å²) in [4.78, 5) is 47.2. The van der Waals surface area contributed by atoms with Crippen LogP contribution in [0.3, 0.4) is 0 Å². The average molecular weight is 408 g/mol. The Morgan fingerprint density at radius 1 is 1.36 bits per heavy atom. The van der Waals surface area contributed by atoms with Gasteiger partial charge in [0.05, 0.1) is 41.8 Å². The molecule has 0 saturated heterocycles. The summed E-state index contributed by atoms with van der Waals surface area (Å²) in [6.07, 6.45) is 3.15. The first-order valence-corrected chi connectivity index (χ1v) is 9.22. The third kappa shape index (κ3) is 4.94. The van der Waals surface area contributed by atoms with Gasteiger partial charge >= 0.3 is 11.9 Å². The second-order valence-corrected chi connectivity index (χ2v) is 6.87. The highest BCUT2D eigenvalue weighted by Gasteiger charge is 2.26. The highest BCUT2D eigenvalue weighted by atomic mass is 32.1. The maximum Gasteiger partial charge on any atom is 0.341 e. The van der Waals surface area contributed by atoms with Gasteiger partial charge in [0.1, 0.15) is 5.00 Å². The molecule has 0 saturated carbocycles. The highest BCUT2D eigenvalue weighted by Crippen LogP contribution is 2.33. The number of carbonyl (C=O) groups is 4. The van der Waals surface area contributed by atoms with E-state index in [4.69, 9.17) is 15.6 Å². The SMILES string of the molecule is CCCOC(=O)c1c(NC(=O)c2cnn(CCC(=O)O)c2)sc(C(N)=O)c1C. The zero-order chi connectivity index (χ0) is 20.8. The van der Waals surface area contributed by atoms with Crippen LogP contribution in [-0.4, -0.2) is 45.2 Å². The van der Waals surface area contributed by atoms with Crippen molar-refractivity contribution >= 4 is 40.1 Å². The smallest absolute Gasteiger partial charge is 0.341 e. The Bertz CT molecular complexity index is 917. The number of anilines is 1. The molecule has 0 aliphatic rings. The lowest BCUT2D eigenvalue weighted by molar-refractivity contribution is -0.137. The van der Waals surface area contributed by atoms with Crippen LogP contribution in [-0.2, 0) is 16.1 Å². The number of primary amides is 1. The molecule has 28 heavy (non-hydrogen) atoms. The second-order valence-electron chi connectivity index (χ2n) is 5.85. The van der Waals surface area contributed by atoms with Crippen LogP contribution < -0.4 is 11.1 Å². The van der Waals surface area contributed by atoms with Crippen molar-refractivity contribution in [3.8, 4) is 0 Å². The van der Waals surface area contributed by atoms with Crippen LogP contribution >= 0.6 is 11.3 Å². The van der Waals surface area contributed by atoms with Crippen LogP contribution in [0.1, 0.15) is 55.7 Å². The molecule has 2 rings (SSSR count). The lowest BCUT2D eigenvalue weighted by atomic mass is 10.1. The quantitative estimate of drug-likeness (QED) is 0.533. The topological polar surface area (TPSA) is 154 Å². The van der Waals surface area contributed by atoms with Gasteiger partial charge in [-0.05, 0) is 18.9 Å². The maximum absolute atomic E-state index is 12.5. The Morgan fingerprint density at radius 3 is 2.68 bits per heavy atom. The molecule has 0 aliphatic carbocycles. The predicted octanol–water partition coefficient (Wildman–Crippen LogP) is 1.65. The van der Waals surface area contributed by atoms with Crippen molar-refractivity contribution < 1.29 is 29.0 Å². The number of carboxylic acids is 1. The van der Waals surface area contributed by atoms with E-state index in [0.29, 0.717) is 12.0 Å². The molecule has 150 valence electrons. The molecule has 2 heterocycles. The molecule has 0 fully saturated rings. The van der Waals surface area contributed by atoms with Gasteiger partial charge in [-0.15, -0.1) is 11.3 Å². The van der Waals surface area contributed by atoms with E-state index in [1.54, 1.807) is 6.92 Å². The third-order valence-corrected chi connectivity index (χ3v) is 4.91. The number of hydrogen-bond acceptors (Lipinski definition) is 7. The number of aliphatic carboxylic acids is 1. The highest BCUT2D eigenvalue weighted by molar-refractivity contribution is 7.18. The number of nitrogens with one attached hydrogen (secondary N) is 1. The summed E-state index contributed by atoms with van der Waals surface area (Å²) >= 11 is 0.888. The van der Waals surface area contributed by atoms with Crippen LogP contribution in [0, 0.1) is 6.92 Å². The minimum absolute atomic E-state index is 0.0823. The molecule has 10 nitrogen and oxygen atoms in total. The van der Waals surface area contributed by atoms with Gasteiger partial charge in [-0.25, -0.2) is 4.79 Å². The van der Waals surface area contributed by atoms with Crippen LogP contribution in [0.2, 0.25) is 0 Å². The van der Waals surface area contributed by atoms with Gasteiger partial charge in [0.25, 0.3) is 11.8 Å². The van der Waals surface area contributed by atoms with Crippen molar-refractivity contribution in [3.63, 3.8) is 0 Å². The van der Waals surface area contributed by atoms with E-state index in [1.165, 1.54) is 17.1 Å². The number of rotatable bonds is 9. The van der Waals surface area contributed by atoms with Gasteiger partial charge in [-0.1, -0.05) is 6.92 Å². The predicted molar refractivity (Wildman–Crippen MR) is 101 cm³/mol. The Hall–Kier alpha value is -3.21. The molecule has 11 heteroatoms. The first kappa shape index (κ1) is 21.1. The minimum Gasteiger partial charge on any atom is -0.481 e. The van der Waals surface area contributed by atoms with Gasteiger partial charge in [-0.3, -0.25) is 19.1 Å². The molecular formula is C17H20N4O6S. The van der Waals surface area contributed by atoms with Gasteiger partial charge in [0, 0.05) is 6.20 Å². The summed E-state index contributed by atoms with van der Waals surface area (Å²) in [5, 5.41) is 15.4. The first-order valence-electron chi connectivity index (χ1n) is 8.40. The summed E-state index contributed by atoms with van der Waals surface area (Å²) in [6, 6.07) is 0. The van der Waals surface area contributed by atoms with E-state index < -0.39 is 23.8 Å². The molecule has 2 amide bonds. The molecule has 2 aromatic heterocycles. The number of nitrogens with zero attached hydrogens (tertiary/aromatic N) is 2. The number of nitrogens with two attached hydrogens (primary N) is 1. The Labute approximate surface area is 164 Å². The number of carboxylic acid groups (broad SMARTS) is 1. The molecule has 0 spiro atoms. The Balaban J connectivity index is 2.25. The zero-order valence-electron chi connectivity index (χ0n) is 15.4. The number of amides is 2. The van der Waals surface area contributed by atoms with Crippen molar-refractivity contribution in [2.24, 2.45) is 5.73 Å². The number of carbonyl (C=O) groups excluding carboxylic acids is 3. The summed E-state index contributed by atoms with van der Waals surface area (Å²) in [5.74, 6) is -2.92. The van der Waals surface area contributed by atoms with Crippen molar-refractivity contribution in [1.29, 1.82) is 0 Å². The second kappa shape index (κ2) is 9.13. The van der Waals surface area contributed by atoms with Gasteiger partial charge < -0.3 is 20.9 Å². The number of thiophene rings is 1. The van der Waals surface area contributed by atoms with Crippen molar-refractivity contribution in [1.82, 2.24) is 9.78 Å². The van der Waals surface area contributed by atoms with Crippen molar-refractivity contribution in [3.05, 3.63) is 34.0 Å². The fourth-order valence-electron chi connectivity index (χ4n) is 2.34.